The van der Waals surface area contributed by atoms with Crippen LogP contribution in [0.15, 0.2) is 83.8 Å². The summed E-state index contributed by atoms with van der Waals surface area (Å²) in [5, 5.41) is 2.29. The molecule has 1 N–H and O–H groups in total. The molecule has 2 aliphatic rings. The van der Waals surface area contributed by atoms with Crippen LogP contribution in [-0.4, -0.2) is 72.1 Å². The number of nitrogens with one attached hydrogen (secondary N) is 1. The standard InChI is InChI=1S/C31H30N4O5S/c1-22-11-13-24(14-12-22)32-28(36)21-40-26-10-6-5-7-23(26)19-27-30(38)35(31(39)41-27)20-29(37)34-17-15-33(16-18-34)25-8-3-2-4-9-25/h2-14,19H,15-18,20-21H2,1H3,(H,32,36)/b27-19+. The van der Waals surface area contributed by atoms with Crippen LogP contribution in [0.3, 0.4) is 0 Å². The summed E-state index contributed by atoms with van der Waals surface area (Å²) in [7, 11) is 0. The summed E-state index contributed by atoms with van der Waals surface area (Å²) in [4.78, 5) is 56.3. The van der Waals surface area contributed by atoms with Crippen LogP contribution in [0.2, 0.25) is 0 Å². The van der Waals surface area contributed by atoms with Gasteiger partial charge in [0, 0.05) is 43.1 Å². The highest BCUT2D eigenvalue weighted by atomic mass is 32.2. The molecule has 41 heavy (non-hydrogen) atoms. The quantitative estimate of drug-likeness (QED) is 0.401. The lowest BCUT2D eigenvalue weighted by atomic mass is 10.2. The summed E-state index contributed by atoms with van der Waals surface area (Å²) >= 11 is 0.784. The molecule has 3 aromatic rings. The third kappa shape index (κ3) is 6.96. The number of ether oxygens (including phenoxy) is 1. The van der Waals surface area contributed by atoms with E-state index >= 15 is 0 Å². The molecule has 0 atom stereocenters. The number of aryl methyl sites for hydroxylation is 1. The number of piperazine rings is 1. The van der Waals surface area contributed by atoms with E-state index in [1.54, 1.807) is 35.2 Å². The molecule has 0 aromatic heterocycles. The van der Waals surface area contributed by atoms with Gasteiger partial charge in [-0.25, -0.2) is 0 Å². The lowest BCUT2D eigenvalue weighted by Crippen LogP contribution is -2.51. The van der Waals surface area contributed by atoms with Crippen molar-refractivity contribution in [2.45, 2.75) is 6.92 Å². The first kappa shape index (κ1) is 28.0. The molecule has 2 heterocycles. The fourth-order valence-corrected chi connectivity index (χ4v) is 5.40. The summed E-state index contributed by atoms with van der Waals surface area (Å²) < 4.78 is 5.74. The molecule has 4 amide bonds. The molecule has 10 heteroatoms. The van der Waals surface area contributed by atoms with E-state index in [9.17, 15) is 19.2 Å². The summed E-state index contributed by atoms with van der Waals surface area (Å²) in [5.74, 6) is -0.717. The Morgan fingerprint density at radius 3 is 2.32 bits per heavy atom. The number of nitrogens with zero attached hydrogens (tertiary/aromatic N) is 3. The van der Waals surface area contributed by atoms with Crippen molar-refractivity contribution in [2.75, 3.05) is 49.5 Å². The number of rotatable bonds is 8. The minimum absolute atomic E-state index is 0.192. The van der Waals surface area contributed by atoms with E-state index in [1.165, 1.54) is 0 Å². The van der Waals surface area contributed by atoms with E-state index in [4.69, 9.17) is 4.74 Å². The molecular weight excluding hydrogens is 540 g/mol. The Morgan fingerprint density at radius 2 is 1.59 bits per heavy atom. The van der Waals surface area contributed by atoms with Crippen LogP contribution in [0, 0.1) is 6.92 Å². The number of anilines is 2. The van der Waals surface area contributed by atoms with E-state index in [2.05, 4.69) is 10.2 Å². The van der Waals surface area contributed by atoms with Crippen LogP contribution in [0.1, 0.15) is 11.1 Å². The van der Waals surface area contributed by atoms with Crippen LogP contribution < -0.4 is 15.0 Å². The van der Waals surface area contributed by atoms with Crippen LogP contribution in [0.25, 0.3) is 6.08 Å². The van der Waals surface area contributed by atoms with Gasteiger partial charge < -0.3 is 19.9 Å². The number of amides is 4. The molecule has 0 saturated carbocycles. The Kier molecular flexibility index (Phi) is 8.69. The second-order valence-corrected chi connectivity index (χ2v) is 10.7. The fraction of sp³-hybridized carbons (Fsp3) is 0.226. The fourth-order valence-electron chi connectivity index (χ4n) is 4.57. The van der Waals surface area contributed by atoms with Gasteiger partial charge in [-0.05, 0) is 55.1 Å². The second kappa shape index (κ2) is 12.7. The van der Waals surface area contributed by atoms with Crippen molar-refractivity contribution in [3.05, 3.63) is 94.9 Å². The Bertz CT molecular complexity index is 1470. The van der Waals surface area contributed by atoms with E-state index in [-0.39, 0.29) is 29.9 Å². The Morgan fingerprint density at radius 1 is 0.902 bits per heavy atom. The van der Waals surface area contributed by atoms with Crippen LogP contribution >= 0.6 is 11.8 Å². The predicted octanol–water partition coefficient (Wildman–Crippen LogP) is 4.40. The zero-order valence-corrected chi connectivity index (χ0v) is 23.4. The third-order valence-electron chi connectivity index (χ3n) is 6.82. The summed E-state index contributed by atoms with van der Waals surface area (Å²) in [6.07, 6.45) is 1.56. The third-order valence-corrected chi connectivity index (χ3v) is 7.73. The lowest BCUT2D eigenvalue weighted by molar-refractivity contribution is -0.136. The maximum atomic E-state index is 13.1. The summed E-state index contributed by atoms with van der Waals surface area (Å²) in [5.41, 5.74) is 3.40. The number of benzene rings is 3. The molecule has 0 bridgehead atoms. The van der Waals surface area contributed by atoms with Crippen molar-refractivity contribution >= 4 is 52.2 Å². The van der Waals surface area contributed by atoms with Gasteiger partial charge in [0.2, 0.25) is 5.91 Å². The topological polar surface area (TPSA) is 99.3 Å². The number of para-hydroxylation sites is 2. The maximum absolute atomic E-state index is 13.1. The lowest BCUT2D eigenvalue weighted by Gasteiger charge is -2.36. The van der Waals surface area contributed by atoms with Crippen LogP contribution in [-0.2, 0) is 14.4 Å². The van der Waals surface area contributed by atoms with Gasteiger partial charge in [-0.2, -0.15) is 0 Å². The predicted molar refractivity (Wildman–Crippen MR) is 160 cm³/mol. The van der Waals surface area contributed by atoms with Gasteiger partial charge in [-0.1, -0.05) is 54.1 Å². The van der Waals surface area contributed by atoms with Gasteiger partial charge in [0.15, 0.2) is 6.61 Å². The molecule has 2 fully saturated rings. The molecule has 0 unspecified atom stereocenters. The zero-order valence-electron chi connectivity index (χ0n) is 22.6. The zero-order chi connectivity index (χ0) is 28.8. The SMILES string of the molecule is Cc1ccc(NC(=O)COc2ccccc2/C=C2/SC(=O)N(CC(=O)N3CCN(c4ccccc4)CC3)C2=O)cc1. The van der Waals surface area contributed by atoms with Crippen molar-refractivity contribution in [1.82, 2.24) is 9.80 Å². The Hall–Kier alpha value is -4.57. The number of hydrogen-bond donors (Lipinski definition) is 1. The Balaban J connectivity index is 1.17. The molecule has 210 valence electrons. The van der Waals surface area contributed by atoms with Gasteiger partial charge in [-0.15, -0.1) is 0 Å². The number of thioether (sulfide) groups is 1. The van der Waals surface area contributed by atoms with Gasteiger partial charge in [0.1, 0.15) is 12.3 Å². The summed E-state index contributed by atoms with van der Waals surface area (Å²) in [6.45, 7) is 3.82. The number of carbonyl (C=O) groups is 4. The van der Waals surface area contributed by atoms with Gasteiger partial charge in [0.05, 0.1) is 4.91 Å². The average molecular weight is 571 g/mol. The minimum atomic E-state index is -0.525. The molecule has 5 rings (SSSR count). The molecule has 0 aliphatic carbocycles. The normalized spacial score (nSPS) is 16.3. The van der Waals surface area contributed by atoms with Crippen LogP contribution in [0.4, 0.5) is 16.2 Å². The van der Waals surface area contributed by atoms with E-state index in [0.717, 1.165) is 27.9 Å². The van der Waals surface area contributed by atoms with Crippen molar-refractivity contribution < 1.29 is 23.9 Å². The maximum Gasteiger partial charge on any atom is 0.294 e. The monoisotopic (exact) mass is 570 g/mol. The highest BCUT2D eigenvalue weighted by Gasteiger charge is 2.37. The largest absolute Gasteiger partial charge is 0.483 e. The second-order valence-electron chi connectivity index (χ2n) is 9.71. The summed E-state index contributed by atoms with van der Waals surface area (Å²) in [6, 6.07) is 24.4. The molecule has 9 nitrogen and oxygen atoms in total. The average Bonchev–Trinajstić information content (AvgIpc) is 3.25. The van der Waals surface area contributed by atoms with Gasteiger partial charge >= 0.3 is 0 Å². The van der Waals surface area contributed by atoms with E-state index < -0.39 is 11.1 Å². The van der Waals surface area contributed by atoms with E-state index in [0.29, 0.717) is 43.2 Å². The molecule has 0 radical (unpaired) electrons. The van der Waals surface area contributed by atoms with Gasteiger partial charge in [-0.3, -0.25) is 24.1 Å². The molecule has 2 aliphatic heterocycles. The van der Waals surface area contributed by atoms with Crippen molar-refractivity contribution in [2.24, 2.45) is 0 Å². The number of hydrogen-bond acceptors (Lipinski definition) is 7. The smallest absolute Gasteiger partial charge is 0.294 e. The first-order chi connectivity index (χ1) is 19.9. The van der Waals surface area contributed by atoms with E-state index in [1.807, 2.05) is 61.5 Å². The van der Waals surface area contributed by atoms with Crippen molar-refractivity contribution in [3.63, 3.8) is 0 Å². The highest BCUT2D eigenvalue weighted by Crippen LogP contribution is 2.34. The Labute approximate surface area is 242 Å². The number of imide groups is 1. The molecule has 2 saturated heterocycles. The van der Waals surface area contributed by atoms with Crippen molar-refractivity contribution in [1.29, 1.82) is 0 Å². The number of carbonyl (C=O) groups excluding carboxylic acids is 4. The first-order valence-electron chi connectivity index (χ1n) is 13.3. The van der Waals surface area contributed by atoms with Crippen LogP contribution in [0.5, 0.6) is 5.75 Å². The molecule has 0 spiro atoms. The minimum Gasteiger partial charge on any atom is -0.483 e. The molecule has 3 aromatic carbocycles. The highest BCUT2D eigenvalue weighted by molar-refractivity contribution is 8.18. The molecular formula is C31H30N4O5S. The van der Waals surface area contributed by atoms with Crippen molar-refractivity contribution in [3.8, 4) is 5.75 Å². The van der Waals surface area contributed by atoms with Gasteiger partial charge in [0.25, 0.3) is 17.1 Å². The first-order valence-corrected chi connectivity index (χ1v) is 14.1.